The van der Waals surface area contributed by atoms with Crippen molar-refractivity contribution in [2.75, 3.05) is 0 Å². The van der Waals surface area contributed by atoms with E-state index in [0.29, 0.717) is 0 Å². The highest BCUT2D eigenvalue weighted by Gasteiger charge is 2.25. The zero-order valence-electron chi connectivity index (χ0n) is 10.5. The van der Waals surface area contributed by atoms with E-state index >= 15 is 0 Å². The van der Waals surface area contributed by atoms with Gasteiger partial charge in [-0.2, -0.15) is 0 Å². The van der Waals surface area contributed by atoms with E-state index in [1.807, 2.05) is 0 Å². The van der Waals surface area contributed by atoms with E-state index < -0.39 is 0 Å². The molecule has 1 aliphatic carbocycles. The van der Waals surface area contributed by atoms with Crippen molar-refractivity contribution in [3.05, 3.63) is 59.2 Å². The Labute approximate surface area is 98.7 Å². The average Bonchev–Trinajstić information content (AvgIpc) is 2.30. The largest absolute Gasteiger partial charge is 0.0839 e. The Bertz CT molecular complexity index is 433. The normalized spacial score (nSPS) is 16.1. The van der Waals surface area contributed by atoms with Crippen LogP contribution in [0.25, 0.3) is 0 Å². The van der Waals surface area contributed by atoms with Crippen molar-refractivity contribution < 1.29 is 0 Å². The molecule has 1 aromatic rings. The molecule has 0 unspecified atom stereocenters. The first kappa shape index (κ1) is 11.2. The van der Waals surface area contributed by atoms with Crippen LogP contribution >= 0.6 is 0 Å². The molecule has 0 radical (unpaired) electrons. The summed E-state index contributed by atoms with van der Waals surface area (Å²) in [7, 11) is 0. The van der Waals surface area contributed by atoms with Gasteiger partial charge in [-0.15, -0.1) is 0 Å². The monoisotopic (exact) mass is 212 g/mol. The van der Waals surface area contributed by atoms with Crippen LogP contribution in [0.3, 0.4) is 0 Å². The molecule has 0 spiro atoms. The third-order valence-electron chi connectivity index (χ3n) is 3.54. The van der Waals surface area contributed by atoms with Gasteiger partial charge in [0.2, 0.25) is 0 Å². The summed E-state index contributed by atoms with van der Waals surface area (Å²) in [6.07, 6.45) is 9.33. The van der Waals surface area contributed by atoms with Crippen LogP contribution in [0, 0.1) is 6.92 Å². The highest BCUT2D eigenvalue weighted by Crippen LogP contribution is 2.35. The Morgan fingerprint density at radius 1 is 1.06 bits per heavy atom. The van der Waals surface area contributed by atoms with Gasteiger partial charge in [-0.25, -0.2) is 0 Å². The molecule has 0 fully saturated rings. The molecule has 1 aromatic carbocycles. The minimum absolute atomic E-state index is 0.127. The van der Waals surface area contributed by atoms with Crippen LogP contribution in [0.1, 0.15) is 37.8 Å². The molecule has 0 saturated heterocycles. The Hall–Kier alpha value is -1.30. The summed E-state index contributed by atoms with van der Waals surface area (Å²) >= 11 is 0. The predicted octanol–water partition coefficient (Wildman–Crippen LogP) is 4.55. The van der Waals surface area contributed by atoms with E-state index in [1.165, 1.54) is 29.5 Å². The molecule has 0 atom stereocenters. The molecule has 0 heterocycles. The summed E-state index contributed by atoms with van der Waals surface area (Å²) in [5.74, 6) is 0. The second-order valence-electron chi connectivity index (χ2n) is 5.08. The van der Waals surface area contributed by atoms with Gasteiger partial charge in [0.25, 0.3) is 0 Å². The second kappa shape index (κ2) is 4.29. The standard InChI is InChI=1S/C16H20/c1-13-9-7-8-12-15(13)16(2,3)14-10-5-4-6-11-14/h5,7-12H,4,6H2,1-3H3. The molecule has 0 aromatic heterocycles. The topological polar surface area (TPSA) is 0 Å². The Kier molecular flexibility index (Phi) is 3.00. The second-order valence-corrected chi connectivity index (χ2v) is 5.08. The van der Waals surface area contributed by atoms with Crippen molar-refractivity contribution >= 4 is 0 Å². The van der Waals surface area contributed by atoms with Crippen molar-refractivity contribution in [3.63, 3.8) is 0 Å². The number of benzene rings is 1. The van der Waals surface area contributed by atoms with Gasteiger partial charge in [0, 0.05) is 5.41 Å². The predicted molar refractivity (Wildman–Crippen MR) is 70.7 cm³/mol. The molecule has 0 heteroatoms. The van der Waals surface area contributed by atoms with Crippen LogP contribution in [0.5, 0.6) is 0 Å². The van der Waals surface area contributed by atoms with Crippen LogP contribution in [0.2, 0.25) is 0 Å². The van der Waals surface area contributed by atoms with Gasteiger partial charge >= 0.3 is 0 Å². The molecule has 0 saturated carbocycles. The third-order valence-corrected chi connectivity index (χ3v) is 3.54. The first-order valence-corrected chi connectivity index (χ1v) is 6.05. The molecule has 84 valence electrons. The lowest BCUT2D eigenvalue weighted by Gasteiger charge is -2.30. The molecule has 0 nitrogen and oxygen atoms in total. The SMILES string of the molecule is Cc1ccccc1C(C)(C)C1=CCCC=C1. The van der Waals surface area contributed by atoms with Gasteiger partial charge < -0.3 is 0 Å². The minimum Gasteiger partial charge on any atom is -0.0839 e. The number of hydrogen-bond acceptors (Lipinski definition) is 0. The molecular weight excluding hydrogens is 192 g/mol. The van der Waals surface area contributed by atoms with E-state index in [-0.39, 0.29) is 5.41 Å². The molecule has 0 aliphatic heterocycles. The lowest BCUT2D eigenvalue weighted by atomic mass is 9.74. The summed E-state index contributed by atoms with van der Waals surface area (Å²) in [6, 6.07) is 8.69. The maximum absolute atomic E-state index is 2.38. The van der Waals surface area contributed by atoms with E-state index in [1.54, 1.807) is 0 Å². The first-order valence-electron chi connectivity index (χ1n) is 6.05. The lowest BCUT2D eigenvalue weighted by Crippen LogP contribution is -2.21. The van der Waals surface area contributed by atoms with Gasteiger partial charge in [0.05, 0.1) is 0 Å². The highest BCUT2D eigenvalue weighted by molar-refractivity contribution is 5.44. The third kappa shape index (κ3) is 1.97. The molecule has 0 amide bonds. The molecule has 0 N–H and O–H groups in total. The first-order chi connectivity index (χ1) is 7.62. The van der Waals surface area contributed by atoms with Crippen molar-refractivity contribution in [3.8, 4) is 0 Å². The van der Waals surface area contributed by atoms with Crippen LogP contribution in [-0.2, 0) is 5.41 Å². The highest BCUT2D eigenvalue weighted by atomic mass is 14.3. The van der Waals surface area contributed by atoms with E-state index in [9.17, 15) is 0 Å². The average molecular weight is 212 g/mol. The lowest BCUT2D eigenvalue weighted by molar-refractivity contribution is 0.627. The maximum Gasteiger partial charge on any atom is 0.0145 e. The van der Waals surface area contributed by atoms with Gasteiger partial charge in [-0.05, 0) is 36.5 Å². The number of hydrogen-bond donors (Lipinski definition) is 0. The number of aryl methyl sites for hydroxylation is 1. The van der Waals surface area contributed by atoms with Gasteiger partial charge in [0.1, 0.15) is 0 Å². The summed E-state index contributed by atoms with van der Waals surface area (Å²) in [5.41, 5.74) is 4.40. The quantitative estimate of drug-likeness (QED) is 0.674. The van der Waals surface area contributed by atoms with Crippen LogP contribution in [0.4, 0.5) is 0 Å². The summed E-state index contributed by atoms with van der Waals surface area (Å²) < 4.78 is 0. The molecule has 0 bridgehead atoms. The summed E-state index contributed by atoms with van der Waals surface area (Å²) in [6.45, 7) is 6.83. The van der Waals surface area contributed by atoms with Gasteiger partial charge in [0.15, 0.2) is 0 Å². The van der Waals surface area contributed by atoms with Crippen LogP contribution in [-0.4, -0.2) is 0 Å². The van der Waals surface area contributed by atoms with E-state index in [2.05, 4.69) is 63.3 Å². The Morgan fingerprint density at radius 3 is 2.44 bits per heavy atom. The Balaban J connectivity index is 2.42. The zero-order chi connectivity index (χ0) is 11.6. The smallest absolute Gasteiger partial charge is 0.0145 e. The van der Waals surface area contributed by atoms with E-state index in [0.717, 1.165) is 0 Å². The molecular formula is C16H20. The minimum atomic E-state index is 0.127. The van der Waals surface area contributed by atoms with Crippen molar-refractivity contribution in [2.24, 2.45) is 0 Å². The number of rotatable bonds is 2. The molecule has 16 heavy (non-hydrogen) atoms. The molecule has 1 aliphatic rings. The summed E-state index contributed by atoms with van der Waals surface area (Å²) in [4.78, 5) is 0. The fraction of sp³-hybridized carbons (Fsp3) is 0.375. The van der Waals surface area contributed by atoms with E-state index in [4.69, 9.17) is 0 Å². The van der Waals surface area contributed by atoms with Crippen LogP contribution in [0.15, 0.2) is 48.1 Å². The van der Waals surface area contributed by atoms with Gasteiger partial charge in [-0.3, -0.25) is 0 Å². The summed E-state index contributed by atoms with van der Waals surface area (Å²) in [5, 5.41) is 0. The Morgan fingerprint density at radius 2 is 1.81 bits per heavy atom. The van der Waals surface area contributed by atoms with Gasteiger partial charge in [-0.1, -0.05) is 56.3 Å². The van der Waals surface area contributed by atoms with Crippen molar-refractivity contribution in [1.29, 1.82) is 0 Å². The zero-order valence-corrected chi connectivity index (χ0v) is 10.5. The maximum atomic E-state index is 2.38. The molecule has 2 rings (SSSR count). The fourth-order valence-corrected chi connectivity index (χ4v) is 2.51. The van der Waals surface area contributed by atoms with Crippen LogP contribution < -0.4 is 0 Å². The van der Waals surface area contributed by atoms with Crippen molar-refractivity contribution in [1.82, 2.24) is 0 Å². The fourth-order valence-electron chi connectivity index (χ4n) is 2.51. The number of allylic oxidation sites excluding steroid dienone is 4. The van der Waals surface area contributed by atoms with Crippen molar-refractivity contribution in [2.45, 2.75) is 39.0 Å².